The van der Waals surface area contributed by atoms with Crippen LogP contribution in [0.15, 0.2) is 22.3 Å². The molecule has 3 unspecified atom stereocenters. The topological polar surface area (TPSA) is 20.3 Å². The molecule has 2 heterocycles. The highest BCUT2D eigenvalue weighted by Gasteiger charge is 2.44. The van der Waals surface area contributed by atoms with Gasteiger partial charge in [0, 0.05) is 17.3 Å². The molecule has 1 saturated carbocycles. The molecular formula is C29H45B2NO. The van der Waals surface area contributed by atoms with Crippen LogP contribution in [-0.2, 0) is 4.79 Å². The lowest BCUT2D eigenvalue weighted by molar-refractivity contribution is -0.132. The van der Waals surface area contributed by atoms with E-state index < -0.39 is 0 Å². The summed E-state index contributed by atoms with van der Waals surface area (Å²) in [4.78, 5) is 16.9. The summed E-state index contributed by atoms with van der Waals surface area (Å²) in [5.41, 5.74) is 5.94. The minimum absolute atomic E-state index is 0.217. The number of hydrogen-bond donors (Lipinski definition) is 0. The summed E-state index contributed by atoms with van der Waals surface area (Å²) in [5.74, 6) is 1.68. The van der Waals surface area contributed by atoms with Gasteiger partial charge in [-0.15, -0.1) is 0 Å². The summed E-state index contributed by atoms with van der Waals surface area (Å²) in [5, 5.41) is 0. The van der Waals surface area contributed by atoms with Crippen LogP contribution in [0.1, 0.15) is 135 Å². The lowest BCUT2D eigenvalue weighted by Gasteiger charge is -2.40. The Labute approximate surface area is 204 Å². The number of carbonyl (C=O) groups excluding carboxylic acids is 1. The average molecular weight is 445 g/mol. The summed E-state index contributed by atoms with van der Waals surface area (Å²) in [7, 11) is 5.31. The first-order valence-corrected chi connectivity index (χ1v) is 14.8. The van der Waals surface area contributed by atoms with Crippen LogP contribution in [0.5, 0.6) is 0 Å². The fourth-order valence-electron chi connectivity index (χ4n) is 7.51. The lowest BCUT2D eigenvalue weighted by atomic mass is 9.46. The predicted octanol–water partition coefficient (Wildman–Crippen LogP) is 8.10. The Hall–Kier alpha value is -0.920. The fraction of sp³-hybridized carbons (Fsp3) is 0.828. The van der Waals surface area contributed by atoms with Crippen molar-refractivity contribution in [1.82, 2.24) is 4.90 Å². The standard InChI is InChI=1S/C29H45B2NO/c33-29-22-16-10-4-3-6-11-17-23(22)30-25-19-13-8-9-14-20-26-28(25)32(29)27-21-15-7-2-1-5-12-18-24(27)31-26/h22-23,25H,1-21H2. The molecule has 2 aliphatic heterocycles. The monoisotopic (exact) mass is 445 g/mol. The fourth-order valence-corrected chi connectivity index (χ4v) is 7.51. The molecule has 0 aromatic carbocycles. The van der Waals surface area contributed by atoms with Crippen molar-refractivity contribution in [3.8, 4) is 0 Å². The maximum atomic E-state index is 14.5. The Morgan fingerprint density at radius 3 is 1.94 bits per heavy atom. The van der Waals surface area contributed by atoms with Gasteiger partial charge in [-0.2, -0.15) is 0 Å². The Morgan fingerprint density at radius 2 is 1.18 bits per heavy atom. The van der Waals surface area contributed by atoms with Crippen molar-refractivity contribution in [2.24, 2.45) is 5.92 Å². The van der Waals surface area contributed by atoms with Gasteiger partial charge >= 0.3 is 0 Å². The minimum atomic E-state index is 0.217. The third kappa shape index (κ3) is 5.51. The van der Waals surface area contributed by atoms with Crippen molar-refractivity contribution in [3.63, 3.8) is 0 Å². The van der Waals surface area contributed by atoms with Gasteiger partial charge in [0.1, 0.15) is 7.28 Å². The summed E-state index contributed by atoms with van der Waals surface area (Å²) in [6.45, 7) is 0. The van der Waals surface area contributed by atoms with Gasteiger partial charge in [0.05, 0.1) is 0 Å². The van der Waals surface area contributed by atoms with Crippen LogP contribution >= 0.6 is 0 Å². The zero-order valence-electron chi connectivity index (χ0n) is 21.1. The average Bonchev–Trinajstić information content (AvgIpc) is 2.93. The third-order valence-corrected chi connectivity index (χ3v) is 9.32. The van der Waals surface area contributed by atoms with E-state index in [-0.39, 0.29) is 5.92 Å². The number of amides is 1. The van der Waals surface area contributed by atoms with Gasteiger partial charge in [-0.3, -0.25) is 9.69 Å². The summed E-state index contributed by atoms with van der Waals surface area (Å²) in [6, 6.07) is 0. The molecule has 3 aliphatic carbocycles. The summed E-state index contributed by atoms with van der Waals surface area (Å²) < 4.78 is 0. The molecule has 0 aromatic heterocycles. The quantitative estimate of drug-likeness (QED) is 0.345. The van der Waals surface area contributed by atoms with Gasteiger partial charge in [-0.25, -0.2) is 0 Å². The van der Waals surface area contributed by atoms with E-state index in [2.05, 4.69) is 19.5 Å². The Bertz CT molecular complexity index is 757. The molecule has 2 radical (unpaired) electrons. The van der Waals surface area contributed by atoms with E-state index in [0.717, 1.165) is 12.8 Å². The second-order valence-corrected chi connectivity index (χ2v) is 11.7. The lowest BCUT2D eigenvalue weighted by Crippen LogP contribution is -2.39. The largest absolute Gasteiger partial charge is 0.291 e. The van der Waals surface area contributed by atoms with Crippen molar-refractivity contribution in [2.75, 3.05) is 0 Å². The number of fused-ring (bicyclic) bond motifs is 2. The highest BCUT2D eigenvalue weighted by molar-refractivity contribution is 6.55. The van der Waals surface area contributed by atoms with Crippen molar-refractivity contribution in [2.45, 2.75) is 146 Å². The summed E-state index contributed by atoms with van der Waals surface area (Å²) >= 11 is 0. The van der Waals surface area contributed by atoms with Crippen LogP contribution in [-0.4, -0.2) is 25.4 Å². The van der Waals surface area contributed by atoms with Gasteiger partial charge in [0.15, 0.2) is 7.28 Å². The van der Waals surface area contributed by atoms with Crippen molar-refractivity contribution >= 4 is 20.5 Å². The normalized spacial score (nSPS) is 32.7. The van der Waals surface area contributed by atoms with Gasteiger partial charge < -0.3 is 0 Å². The third-order valence-electron chi connectivity index (χ3n) is 9.32. The number of carbonyl (C=O) groups is 1. The highest BCUT2D eigenvalue weighted by atomic mass is 16.2. The van der Waals surface area contributed by atoms with Gasteiger partial charge in [-0.1, -0.05) is 119 Å². The molecule has 1 saturated heterocycles. The molecule has 0 bridgehead atoms. The first kappa shape index (κ1) is 23.8. The molecule has 2 fully saturated rings. The van der Waals surface area contributed by atoms with Crippen LogP contribution in [0.25, 0.3) is 0 Å². The van der Waals surface area contributed by atoms with Gasteiger partial charge in [0.25, 0.3) is 0 Å². The molecule has 0 N–H and O–H groups in total. The second-order valence-electron chi connectivity index (χ2n) is 11.7. The molecule has 5 aliphatic rings. The predicted molar refractivity (Wildman–Crippen MR) is 140 cm³/mol. The van der Waals surface area contributed by atoms with Crippen LogP contribution in [0.4, 0.5) is 0 Å². The first-order valence-electron chi connectivity index (χ1n) is 14.8. The maximum Gasteiger partial charge on any atom is 0.233 e. The van der Waals surface area contributed by atoms with Crippen LogP contribution < -0.4 is 0 Å². The number of nitrogens with zero attached hydrogens (tertiary/aromatic N) is 1. The maximum absolute atomic E-state index is 14.5. The molecule has 0 spiro atoms. The molecule has 33 heavy (non-hydrogen) atoms. The number of rotatable bonds is 0. The van der Waals surface area contributed by atoms with E-state index in [0.29, 0.717) is 17.5 Å². The van der Waals surface area contributed by atoms with Crippen LogP contribution in [0, 0.1) is 5.92 Å². The van der Waals surface area contributed by atoms with E-state index in [4.69, 9.17) is 0 Å². The van der Waals surface area contributed by atoms with Crippen LogP contribution in [0.3, 0.4) is 0 Å². The van der Waals surface area contributed by atoms with Gasteiger partial charge in [0.2, 0.25) is 5.91 Å². The molecule has 2 nitrogen and oxygen atoms in total. The summed E-state index contributed by atoms with van der Waals surface area (Å²) in [6.07, 6.45) is 27.0. The SMILES string of the molecule is O=C1C2CCCCCCCC2[B]C2CCCCCCC3=C2N1C1=C([B]3)CCCCCCCC1. The van der Waals surface area contributed by atoms with E-state index in [9.17, 15) is 4.79 Å². The van der Waals surface area contributed by atoms with Crippen molar-refractivity contribution < 1.29 is 4.79 Å². The molecule has 178 valence electrons. The Balaban J connectivity index is 1.57. The van der Waals surface area contributed by atoms with E-state index in [1.165, 1.54) is 144 Å². The van der Waals surface area contributed by atoms with Crippen molar-refractivity contribution in [1.29, 1.82) is 0 Å². The number of hydrogen-bond acceptors (Lipinski definition) is 1. The smallest absolute Gasteiger partial charge is 0.233 e. The molecule has 4 heteroatoms. The highest BCUT2D eigenvalue weighted by Crippen LogP contribution is 2.49. The van der Waals surface area contributed by atoms with Gasteiger partial charge in [-0.05, 0) is 37.9 Å². The molecule has 1 amide bonds. The molecular weight excluding hydrogens is 400 g/mol. The molecule has 5 rings (SSSR count). The van der Waals surface area contributed by atoms with E-state index >= 15 is 0 Å². The molecule has 0 aromatic rings. The second kappa shape index (κ2) is 11.7. The van der Waals surface area contributed by atoms with Crippen LogP contribution in [0.2, 0.25) is 11.6 Å². The number of allylic oxidation sites excluding steroid dienone is 4. The zero-order chi connectivity index (χ0) is 22.5. The van der Waals surface area contributed by atoms with E-state index in [1.54, 1.807) is 0 Å². The molecule has 3 atom stereocenters. The zero-order valence-corrected chi connectivity index (χ0v) is 21.1. The Morgan fingerprint density at radius 1 is 0.606 bits per heavy atom. The first-order chi connectivity index (χ1) is 16.3. The van der Waals surface area contributed by atoms with E-state index in [1.807, 2.05) is 0 Å². The minimum Gasteiger partial charge on any atom is -0.291 e. The van der Waals surface area contributed by atoms with Crippen molar-refractivity contribution in [3.05, 3.63) is 22.3 Å². The Kier molecular flexibility index (Phi) is 8.42.